The molecule has 1 aliphatic rings. The van der Waals surface area contributed by atoms with Crippen LogP contribution >= 0.6 is 15.9 Å². The zero-order valence-corrected chi connectivity index (χ0v) is 13.3. The minimum Gasteiger partial charge on any atom is -0.380 e. The van der Waals surface area contributed by atoms with Gasteiger partial charge < -0.3 is 5.11 Å². The third-order valence-electron chi connectivity index (χ3n) is 3.46. The van der Waals surface area contributed by atoms with E-state index in [1.807, 2.05) is 0 Å². The van der Waals surface area contributed by atoms with Crippen molar-refractivity contribution < 1.29 is 26.7 Å². The van der Waals surface area contributed by atoms with E-state index in [4.69, 9.17) is 0 Å². The van der Waals surface area contributed by atoms with E-state index in [0.717, 1.165) is 4.47 Å². The van der Waals surface area contributed by atoms with Crippen LogP contribution in [0.5, 0.6) is 0 Å². The molecule has 1 aromatic carbocycles. The molecule has 0 aliphatic heterocycles. The Labute approximate surface area is 128 Å². The van der Waals surface area contributed by atoms with E-state index in [0.29, 0.717) is 5.56 Å². The number of sulfonamides is 1. The minimum atomic E-state index is -4.75. The Kier molecular flexibility index (Phi) is 4.16. The number of benzene rings is 1. The SMILES string of the molecule is Cc1cc(S(=O)(=O)NC2CC(O)(C(F)(F)F)C2)ccc1Br. The molecule has 2 N–H and O–H groups in total. The molecule has 0 atom stereocenters. The van der Waals surface area contributed by atoms with Crippen molar-refractivity contribution in [2.24, 2.45) is 0 Å². The lowest BCUT2D eigenvalue weighted by Gasteiger charge is -2.44. The molecule has 0 saturated heterocycles. The lowest BCUT2D eigenvalue weighted by Crippen LogP contribution is -2.62. The maximum Gasteiger partial charge on any atom is 0.417 e. The van der Waals surface area contributed by atoms with Gasteiger partial charge in [-0.05, 0) is 30.7 Å². The lowest BCUT2D eigenvalue weighted by atomic mass is 9.76. The van der Waals surface area contributed by atoms with Crippen LogP contribution in [0.3, 0.4) is 0 Å². The number of nitrogens with one attached hydrogen (secondary N) is 1. The predicted octanol–water partition coefficient (Wildman–Crippen LogP) is 2.49. The number of aliphatic hydroxyl groups is 1. The van der Waals surface area contributed by atoms with Gasteiger partial charge in [0.15, 0.2) is 5.60 Å². The first kappa shape index (κ1) is 16.7. The van der Waals surface area contributed by atoms with Gasteiger partial charge in [-0.3, -0.25) is 0 Å². The quantitative estimate of drug-likeness (QED) is 0.837. The van der Waals surface area contributed by atoms with Gasteiger partial charge in [0.05, 0.1) is 4.90 Å². The smallest absolute Gasteiger partial charge is 0.380 e. The topological polar surface area (TPSA) is 66.4 Å². The molecular weight excluding hydrogens is 375 g/mol. The number of aryl methyl sites for hydroxylation is 1. The van der Waals surface area contributed by atoms with Gasteiger partial charge in [0.2, 0.25) is 10.0 Å². The standard InChI is InChI=1S/C12H13BrF3NO3S/c1-7-4-9(2-3-10(7)13)21(19,20)17-8-5-11(18,6-8)12(14,15)16/h2-4,8,17-18H,5-6H2,1H3. The first-order chi connectivity index (χ1) is 9.45. The van der Waals surface area contributed by atoms with Gasteiger partial charge in [-0.15, -0.1) is 0 Å². The highest BCUT2D eigenvalue weighted by molar-refractivity contribution is 9.10. The molecule has 0 heterocycles. The summed E-state index contributed by atoms with van der Waals surface area (Å²) in [6.45, 7) is 1.70. The second-order valence-electron chi connectivity index (χ2n) is 5.17. The van der Waals surface area contributed by atoms with E-state index < -0.39 is 40.7 Å². The molecule has 0 radical (unpaired) electrons. The summed E-state index contributed by atoms with van der Waals surface area (Å²) in [5.74, 6) is 0. The van der Waals surface area contributed by atoms with Gasteiger partial charge in [-0.1, -0.05) is 15.9 Å². The van der Waals surface area contributed by atoms with Crippen molar-refractivity contribution in [3.63, 3.8) is 0 Å². The van der Waals surface area contributed by atoms with Gasteiger partial charge in [0, 0.05) is 23.4 Å². The van der Waals surface area contributed by atoms with Crippen LogP contribution in [-0.2, 0) is 10.0 Å². The van der Waals surface area contributed by atoms with E-state index >= 15 is 0 Å². The summed E-state index contributed by atoms with van der Waals surface area (Å²) in [5.41, 5.74) is -2.10. The van der Waals surface area contributed by atoms with Gasteiger partial charge in [-0.2, -0.15) is 13.2 Å². The van der Waals surface area contributed by atoms with Crippen molar-refractivity contribution in [1.29, 1.82) is 0 Å². The fourth-order valence-corrected chi connectivity index (χ4v) is 3.71. The third-order valence-corrected chi connectivity index (χ3v) is 5.87. The summed E-state index contributed by atoms with van der Waals surface area (Å²) in [6, 6.07) is 3.40. The normalized spacial score (nSPS) is 26.5. The fourth-order valence-electron chi connectivity index (χ4n) is 2.14. The molecule has 9 heteroatoms. The average molecular weight is 388 g/mol. The van der Waals surface area contributed by atoms with E-state index in [2.05, 4.69) is 20.7 Å². The second-order valence-corrected chi connectivity index (χ2v) is 7.74. The molecule has 0 aromatic heterocycles. The molecule has 4 nitrogen and oxygen atoms in total. The van der Waals surface area contributed by atoms with Crippen LogP contribution in [-0.4, -0.2) is 31.3 Å². The minimum absolute atomic E-state index is 0.0225. The van der Waals surface area contributed by atoms with E-state index in [1.165, 1.54) is 12.1 Å². The zero-order chi connectivity index (χ0) is 16.1. The molecule has 0 bridgehead atoms. The van der Waals surface area contributed by atoms with Crippen molar-refractivity contribution in [3.05, 3.63) is 28.2 Å². The molecule has 2 rings (SSSR count). The van der Waals surface area contributed by atoms with Crippen molar-refractivity contribution in [1.82, 2.24) is 4.72 Å². The Bertz CT molecular complexity index is 654. The van der Waals surface area contributed by atoms with Gasteiger partial charge in [0.1, 0.15) is 0 Å². The second kappa shape index (κ2) is 5.22. The first-order valence-corrected chi connectivity index (χ1v) is 8.30. The summed E-state index contributed by atoms with van der Waals surface area (Å²) in [4.78, 5) is -0.0225. The Balaban J connectivity index is 2.09. The highest BCUT2D eigenvalue weighted by atomic mass is 79.9. The summed E-state index contributed by atoms with van der Waals surface area (Å²) in [5, 5.41) is 9.30. The number of hydrogen-bond donors (Lipinski definition) is 2. The Morgan fingerprint density at radius 2 is 1.95 bits per heavy atom. The molecule has 118 valence electrons. The molecule has 1 saturated carbocycles. The van der Waals surface area contributed by atoms with E-state index in [9.17, 15) is 26.7 Å². The maximum atomic E-state index is 12.5. The molecule has 0 amide bonds. The van der Waals surface area contributed by atoms with Gasteiger partial charge in [-0.25, -0.2) is 13.1 Å². The summed E-state index contributed by atoms with van der Waals surface area (Å²) in [6.07, 6.45) is -6.10. The molecule has 1 aromatic rings. The van der Waals surface area contributed by atoms with Crippen molar-refractivity contribution in [2.45, 2.75) is 42.5 Å². The summed E-state index contributed by atoms with van der Waals surface area (Å²) >= 11 is 3.24. The van der Waals surface area contributed by atoms with Crippen molar-refractivity contribution >= 4 is 26.0 Å². The summed E-state index contributed by atoms with van der Waals surface area (Å²) < 4.78 is 64.5. The fraction of sp³-hybridized carbons (Fsp3) is 0.500. The highest BCUT2D eigenvalue weighted by Gasteiger charge is 2.61. The van der Waals surface area contributed by atoms with Crippen LogP contribution in [0, 0.1) is 6.92 Å². The van der Waals surface area contributed by atoms with Crippen LogP contribution in [0.1, 0.15) is 18.4 Å². The summed E-state index contributed by atoms with van der Waals surface area (Å²) in [7, 11) is -3.90. The monoisotopic (exact) mass is 387 g/mol. The average Bonchev–Trinajstić information content (AvgIpc) is 2.28. The van der Waals surface area contributed by atoms with Crippen molar-refractivity contribution in [2.75, 3.05) is 0 Å². The highest BCUT2D eigenvalue weighted by Crippen LogP contribution is 2.45. The molecule has 0 spiro atoms. The van der Waals surface area contributed by atoms with Gasteiger partial charge >= 0.3 is 6.18 Å². The molecule has 1 fully saturated rings. The predicted molar refractivity (Wildman–Crippen MR) is 73.2 cm³/mol. The zero-order valence-electron chi connectivity index (χ0n) is 10.9. The molecule has 0 unspecified atom stereocenters. The first-order valence-electron chi connectivity index (χ1n) is 6.02. The molecule has 21 heavy (non-hydrogen) atoms. The Morgan fingerprint density at radius 1 is 1.38 bits per heavy atom. The molecule has 1 aliphatic carbocycles. The van der Waals surface area contributed by atoms with Crippen LogP contribution in [0.15, 0.2) is 27.6 Å². The van der Waals surface area contributed by atoms with Crippen LogP contribution in [0.25, 0.3) is 0 Å². The molecular formula is C12H13BrF3NO3S. The number of halogens is 4. The Morgan fingerprint density at radius 3 is 2.43 bits per heavy atom. The lowest BCUT2D eigenvalue weighted by molar-refractivity contribution is -0.290. The Hall–Kier alpha value is -0.640. The largest absolute Gasteiger partial charge is 0.417 e. The number of hydrogen-bond acceptors (Lipinski definition) is 3. The van der Waals surface area contributed by atoms with Crippen LogP contribution in [0.4, 0.5) is 13.2 Å². The maximum absolute atomic E-state index is 12.5. The van der Waals surface area contributed by atoms with E-state index in [-0.39, 0.29) is 4.90 Å². The number of rotatable bonds is 3. The third kappa shape index (κ3) is 3.25. The van der Waals surface area contributed by atoms with Crippen LogP contribution < -0.4 is 4.72 Å². The number of alkyl halides is 3. The van der Waals surface area contributed by atoms with Gasteiger partial charge in [0.25, 0.3) is 0 Å². The van der Waals surface area contributed by atoms with E-state index in [1.54, 1.807) is 13.0 Å². The van der Waals surface area contributed by atoms with Crippen LogP contribution in [0.2, 0.25) is 0 Å². The van der Waals surface area contributed by atoms with Crippen molar-refractivity contribution in [3.8, 4) is 0 Å².